The van der Waals surface area contributed by atoms with E-state index in [-0.39, 0.29) is 60.9 Å². The van der Waals surface area contributed by atoms with E-state index in [1.807, 2.05) is 40.7 Å². The number of aryl methyl sites for hydroxylation is 2. The van der Waals surface area contributed by atoms with E-state index in [1.165, 1.54) is 7.05 Å². The normalized spacial score (nSPS) is 14.6. The van der Waals surface area contributed by atoms with Crippen molar-refractivity contribution in [2.45, 2.75) is 118 Å². The van der Waals surface area contributed by atoms with Gasteiger partial charge in [-0.3, -0.25) is 28.7 Å². The van der Waals surface area contributed by atoms with E-state index in [0.717, 1.165) is 28.0 Å². The fraction of sp³-hybridized carbons (Fsp3) is 0.509. The van der Waals surface area contributed by atoms with Crippen LogP contribution in [0.25, 0.3) is 11.1 Å². The SMILES string of the molecule is CCNC(=O)OC(C)(C)C.Cc1ccc(C(=O)NCC(=O)N(C)C2C(=O)NCC(=O)NC(C(=O)NSCCl)Cc3ccc(OCCNC(=O)OC(C)(C)C)c(c3)-c3cc2ccc3OCCNC(=O)OC(C)(C)C)c(C)c1. The van der Waals surface area contributed by atoms with Crippen LogP contribution in [0, 0.1) is 13.8 Å². The number of halogens is 1. The number of carbonyl (C=O) groups excluding carboxylic acids is 8. The van der Waals surface area contributed by atoms with Gasteiger partial charge in [0.2, 0.25) is 17.7 Å². The molecule has 23 heteroatoms. The monoisotopic (exact) mass is 1100 g/mol. The van der Waals surface area contributed by atoms with Gasteiger partial charge >= 0.3 is 18.3 Å². The van der Waals surface area contributed by atoms with Crippen LogP contribution in [0.4, 0.5) is 14.4 Å². The Balaban J connectivity index is 0.00000137. The van der Waals surface area contributed by atoms with Crippen LogP contribution in [0.3, 0.4) is 0 Å². The molecule has 0 fully saturated rings. The number of alkyl halides is 1. The molecule has 1 aliphatic heterocycles. The predicted molar refractivity (Wildman–Crippen MR) is 290 cm³/mol. The number of ether oxygens (including phenoxy) is 5. The third kappa shape index (κ3) is 22.5. The number of benzene rings is 3. The van der Waals surface area contributed by atoms with Gasteiger partial charge in [0.25, 0.3) is 11.8 Å². The molecule has 4 rings (SSSR count). The quantitative estimate of drug-likeness (QED) is 0.0356. The third-order valence-corrected chi connectivity index (χ3v) is 11.0. The first-order valence-electron chi connectivity index (χ1n) is 24.6. The molecule has 3 aromatic carbocycles. The molecule has 0 aromatic heterocycles. The molecule has 0 saturated heterocycles. The molecule has 0 aliphatic carbocycles. The summed E-state index contributed by atoms with van der Waals surface area (Å²) < 4.78 is 30.8. The van der Waals surface area contributed by atoms with Crippen molar-refractivity contribution in [1.82, 2.24) is 41.5 Å². The van der Waals surface area contributed by atoms with Crippen LogP contribution in [0.5, 0.6) is 11.5 Å². The Kier molecular flexibility index (Phi) is 24.5. The maximum absolute atomic E-state index is 14.3. The second kappa shape index (κ2) is 29.4. The zero-order valence-corrected chi connectivity index (χ0v) is 47.3. The highest BCUT2D eigenvalue weighted by Crippen LogP contribution is 2.40. The number of alkyl carbamates (subject to hydrolysis) is 3. The molecule has 0 saturated carbocycles. The lowest BCUT2D eigenvalue weighted by atomic mass is 9.94. The molecule has 1 heterocycles. The Hall–Kier alpha value is -6.94. The van der Waals surface area contributed by atoms with Crippen LogP contribution in [-0.4, -0.2) is 134 Å². The van der Waals surface area contributed by atoms with Crippen molar-refractivity contribution in [2.24, 2.45) is 0 Å². The smallest absolute Gasteiger partial charge is 0.407 e. The number of amides is 8. The molecule has 21 nitrogen and oxygen atoms in total. The fourth-order valence-electron chi connectivity index (χ4n) is 7.07. The molecule has 418 valence electrons. The Bertz CT molecular complexity index is 2530. The van der Waals surface area contributed by atoms with Gasteiger partial charge in [-0.05, 0) is 142 Å². The van der Waals surface area contributed by atoms with Gasteiger partial charge in [0, 0.05) is 36.7 Å². The third-order valence-electron chi connectivity index (χ3n) is 10.2. The lowest BCUT2D eigenvalue weighted by Gasteiger charge is -2.29. The predicted octanol–water partition coefficient (Wildman–Crippen LogP) is 6.36. The van der Waals surface area contributed by atoms with E-state index >= 15 is 0 Å². The molecular formula is C53H75ClN8O13S. The molecule has 4 bridgehead atoms. The zero-order chi connectivity index (χ0) is 57.0. The van der Waals surface area contributed by atoms with Crippen LogP contribution in [0.1, 0.15) is 108 Å². The van der Waals surface area contributed by atoms with Crippen LogP contribution < -0.4 is 46.1 Å². The highest BCUT2D eigenvalue weighted by Gasteiger charge is 2.32. The lowest BCUT2D eigenvalue weighted by molar-refractivity contribution is -0.139. The van der Waals surface area contributed by atoms with Crippen molar-refractivity contribution in [3.63, 3.8) is 0 Å². The highest BCUT2D eigenvalue weighted by atomic mass is 35.5. The zero-order valence-electron chi connectivity index (χ0n) is 45.8. The summed E-state index contributed by atoms with van der Waals surface area (Å²) in [6, 6.07) is 12.7. The minimum atomic E-state index is -1.38. The van der Waals surface area contributed by atoms with Gasteiger partial charge in [-0.15, -0.1) is 11.6 Å². The topological polar surface area (TPSA) is 270 Å². The average molecular weight is 1100 g/mol. The molecule has 7 N–H and O–H groups in total. The number of carbonyl (C=O) groups is 8. The Morgan fingerprint density at radius 2 is 1.26 bits per heavy atom. The number of hydrogen-bond donors (Lipinski definition) is 7. The van der Waals surface area contributed by atoms with Gasteiger partial charge in [-0.2, -0.15) is 0 Å². The summed E-state index contributed by atoms with van der Waals surface area (Å²) in [4.78, 5) is 105. The van der Waals surface area contributed by atoms with Crippen LogP contribution in [0.15, 0.2) is 54.6 Å². The van der Waals surface area contributed by atoms with Crippen LogP contribution in [-0.2, 0) is 39.8 Å². The Morgan fingerprint density at radius 3 is 1.79 bits per heavy atom. The van der Waals surface area contributed by atoms with E-state index in [0.29, 0.717) is 34.5 Å². The van der Waals surface area contributed by atoms with Crippen LogP contribution in [0.2, 0.25) is 0 Å². The van der Waals surface area contributed by atoms with E-state index in [9.17, 15) is 38.4 Å². The highest BCUT2D eigenvalue weighted by molar-refractivity contribution is 7.99. The number of rotatable bonds is 16. The summed E-state index contributed by atoms with van der Waals surface area (Å²) in [5.74, 6) is -2.54. The first-order valence-corrected chi connectivity index (χ1v) is 26.1. The fourth-order valence-corrected chi connectivity index (χ4v) is 7.58. The summed E-state index contributed by atoms with van der Waals surface area (Å²) in [5, 5.41) is 15.8. The minimum absolute atomic E-state index is 0.00870. The van der Waals surface area contributed by atoms with E-state index < -0.39 is 78.1 Å². The van der Waals surface area contributed by atoms with E-state index in [4.69, 9.17) is 35.3 Å². The second-order valence-corrected chi connectivity index (χ2v) is 21.7. The van der Waals surface area contributed by atoms with Gasteiger partial charge < -0.3 is 60.5 Å². The molecule has 0 spiro atoms. The summed E-state index contributed by atoms with van der Waals surface area (Å²) >= 11 is 6.75. The second-order valence-electron chi connectivity index (χ2n) is 20.3. The van der Waals surface area contributed by atoms with E-state index in [2.05, 4.69) is 36.6 Å². The summed E-state index contributed by atoms with van der Waals surface area (Å²) in [6.45, 7) is 21.1. The largest absolute Gasteiger partial charge is 0.491 e. The Morgan fingerprint density at radius 1 is 0.724 bits per heavy atom. The number of nitrogens with one attached hydrogen (secondary N) is 7. The van der Waals surface area contributed by atoms with Gasteiger partial charge in [0.15, 0.2) is 0 Å². The van der Waals surface area contributed by atoms with Crippen molar-refractivity contribution in [3.8, 4) is 22.6 Å². The summed E-state index contributed by atoms with van der Waals surface area (Å²) in [7, 11) is 1.40. The first kappa shape index (κ1) is 63.4. The maximum Gasteiger partial charge on any atom is 0.407 e. The average Bonchev–Trinajstić information content (AvgIpc) is 3.30. The number of hydrogen-bond acceptors (Lipinski definition) is 14. The van der Waals surface area contributed by atoms with Gasteiger partial charge in [0.1, 0.15) is 53.6 Å². The number of nitrogens with zero attached hydrogens (tertiary/aromatic N) is 1. The lowest BCUT2D eigenvalue weighted by Crippen LogP contribution is -2.51. The van der Waals surface area contributed by atoms with Crippen molar-refractivity contribution in [3.05, 3.63) is 82.4 Å². The molecule has 8 amide bonds. The summed E-state index contributed by atoms with van der Waals surface area (Å²) in [6.07, 6.45) is -1.65. The van der Waals surface area contributed by atoms with Gasteiger partial charge in [0.05, 0.1) is 31.4 Å². The standard InChI is InChI=1S/C46H60ClN7O11S.C7H15NO2/c1-27-10-13-31(28(2)20-27)40(57)51-25-38(56)54(9)39-30-12-15-36(63-19-17-49-44(61)65-46(6,7)8)33(23-30)32-21-29(11-14-35(32)62-18-16-48-43(60)64-45(3,4)5)22-34(41(58)53-66-26-47)52-37(55)24-50-42(39)59;1-5-8-6(9)10-7(2,3)4/h10-15,20-21,23,34,39H,16-19,22,24-26H2,1-9H3,(H,48,60)(H,49,61)(H,50,59)(H,51,57)(H,52,55)(H,53,58);5H2,1-4H3,(H,8,9). The van der Waals surface area contributed by atoms with Crippen molar-refractivity contribution in [2.75, 3.05) is 58.2 Å². The number of likely N-dealkylation sites (N-methyl/N-ethyl adjacent to an activating group) is 1. The minimum Gasteiger partial charge on any atom is -0.491 e. The van der Waals surface area contributed by atoms with Gasteiger partial charge in [-0.25, -0.2) is 14.4 Å². The Labute approximate surface area is 454 Å². The molecule has 76 heavy (non-hydrogen) atoms. The number of fused-ring (bicyclic) bond motifs is 5. The van der Waals surface area contributed by atoms with Gasteiger partial charge in [-0.1, -0.05) is 29.8 Å². The maximum atomic E-state index is 14.3. The summed E-state index contributed by atoms with van der Waals surface area (Å²) in [5.41, 5.74) is 1.87. The van der Waals surface area contributed by atoms with E-state index in [1.54, 1.807) is 97.0 Å². The molecule has 2 atom stereocenters. The molecule has 3 aromatic rings. The molecule has 0 radical (unpaired) electrons. The van der Waals surface area contributed by atoms with Crippen molar-refractivity contribution < 1.29 is 62.0 Å². The molecular weight excluding hydrogens is 1020 g/mol. The van der Waals surface area contributed by atoms with Crippen molar-refractivity contribution in [1.29, 1.82) is 0 Å². The van der Waals surface area contributed by atoms with Crippen molar-refractivity contribution >= 4 is 71.4 Å². The van der Waals surface area contributed by atoms with Crippen LogP contribution >= 0.6 is 23.5 Å². The molecule has 1 aliphatic rings. The molecule has 2 unspecified atom stereocenters. The first-order chi connectivity index (χ1) is 35.5.